The van der Waals surface area contributed by atoms with E-state index in [0.717, 1.165) is 11.3 Å². The zero-order valence-electron chi connectivity index (χ0n) is 16.9. The number of benzene rings is 2. The van der Waals surface area contributed by atoms with E-state index in [2.05, 4.69) is 25.5 Å². The third kappa shape index (κ3) is 3.53. The number of nitrogens with one attached hydrogen (secondary N) is 2. The van der Waals surface area contributed by atoms with Crippen LogP contribution in [0.5, 0.6) is 5.75 Å². The number of fused-ring (bicyclic) bond motifs is 2. The summed E-state index contributed by atoms with van der Waals surface area (Å²) in [6, 6.07) is 12.2. The molecule has 0 fully saturated rings. The summed E-state index contributed by atoms with van der Waals surface area (Å²) in [5.74, 6) is 0.968. The number of rotatable bonds is 6. The second-order valence-electron chi connectivity index (χ2n) is 7.41. The van der Waals surface area contributed by atoms with E-state index in [1.54, 1.807) is 30.3 Å². The van der Waals surface area contributed by atoms with E-state index >= 15 is 0 Å². The topological polar surface area (TPSA) is 159 Å². The Kier molecular flexibility index (Phi) is 4.96. The molecule has 1 amide bonds. The predicted molar refractivity (Wildman–Crippen MR) is 118 cm³/mol. The molecule has 5 rings (SSSR count). The van der Waals surface area contributed by atoms with Gasteiger partial charge >= 0.3 is 7.12 Å². The van der Waals surface area contributed by atoms with Gasteiger partial charge in [-0.2, -0.15) is 5.10 Å². The standard InChI is InChI=1S/C21H19BN6O4/c23-19(29)14-6-2-5-13-16(14)27-28-17(13)20-25-15-7-8-32-18(15)21(26-20)24-10-11-3-1-4-12(9-11)22(30)31/h1-6,9,30-31H,7-8,10H2,(H2,23,29)(H,27,28)(H,24,25,26). The van der Waals surface area contributed by atoms with Gasteiger partial charge in [-0.15, -0.1) is 0 Å². The molecule has 0 aliphatic carbocycles. The lowest BCUT2D eigenvalue weighted by molar-refractivity contribution is 0.100. The number of anilines is 1. The van der Waals surface area contributed by atoms with Gasteiger partial charge in [-0.3, -0.25) is 9.89 Å². The Morgan fingerprint density at radius 2 is 2.06 bits per heavy atom. The van der Waals surface area contributed by atoms with Crippen LogP contribution in [0, 0.1) is 0 Å². The van der Waals surface area contributed by atoms with Gasteiger partial charge in [-0.05, 0) is 17.1 Å². The fourth-order valence-corrected chi connectivity index (χ4v) is 3.76. The van der Waals surface area contributed by atoms with Gasteiger partial charge in [0.25, 0.3) is 5.91 Å². The van der Waals surface area contributed by atoms with E-state index < -0.39 is 13.0 Å². The molecule has 0 bridgehead atoms. The summed E-state index contributed by atoms with van der Waals surface area (Å²) in [7, 11) is -1.54. The fourth-order valence-electron chi connectivity index (χ4n) is 3.76. The van der Waals surface area contributed by atoms with Crippen LogP contribution in [0.1, 0.15) is 21.6 Å². The van der Waals surface area contributed by atoms with Crippen LogP contribution in [0.2, 0.25) is 0 Å². The first-order valence-corrected chi connectivity index (χ1v) is 10.0. The van der Waals surface area contributed by atoms with Crippen molar-refractivity contribution in [3.8, 4) is 17.3 Å². The van der Waals surface area contributed by atoms with E-state index in [1.165, 1.54) is 0 Å². The van der Waals surface area contributed by atoms with E-state index in [4.69, 9.17) is 10.5 Å². The van der Waals surface area contributed by atoms with Crippen molar-refractivity contribution in [3.05, 3.63) is 59.3 Å². The first-order chi connectivity index (χ1) is 15.5. The molecule has 0 radical (unpaired) electrons. The number of ether oxygens (including phenoxy) is 1. The van der Waals surface area contributed by atoms with Gasteiger partial charge < -0.3 is 25.8 Å². The van der Waals surface area contributed by atoms with Gasteiger partial charge in [0.15, 0.2) is 17.4 Å². The van der Waals surface area contributed by atoms with Crippen LogP contribution in [0.4, 0.5) is 5.82 Å². The Bertz CT molecular complexity index is 1340. The summed E-state index contributed by atoms with van der Waals surface area (Å²) in [6.07, 6.45) is 0.643. The zero-order chi connectivity index (χ0) is 22.2. The highest BCUT2D eigenvalue weighted by Crippen LogP contribution is 2.35. The average Bonchev–Trinajstić information content (AvgIpc) is 3.44. The smallest absolute Gasteiger partial charge is 0.487 e. The molecule has 0 saturated carbocycles. The van der Waals surface area contributed by atoms with Crippen LogP contribution >= 0.6 is 0 Å². The molecule has 11 heteroatoms. The van der Waals surface area contributed by atoms with Crippen molar-refractivity contribution in [2.45, 2.75) is 13.0 Å². The Morgan fingerprint density at radius 1 is 1.22 bits per heavy atom. The zero-order valence-corrected chi connectivity index (χ0v) is 16.9. The van der Waals surface area contributed by atoms with Crippen LogP contribution in [0.15, 0.2) is 42.5 Å². The Balaban J connectivity index is 1.52. The monoisotopic (exact) mass is 430 g/mol. The van der Waals surface area contributed by atoms with Crippen molar-refractivity contribution in [2.24, 2.45) is 5.73 Å². The summed E-state index contributed by atoms with van der Waals surface area (Å²) in [5, 5.41) is 29.9. The maximum Gasteiger partial charge on any atom is 0.488 e. The van der Waals surface area contributed by atoms with Gasteiger partial charge in [0.1, 0.15) is 11.2 Å². The lowest BCUT2D eigenvalue weighted by atomic mass is 9.80. The van der Waals surface area contributed by atoms with Crippen molar-refractivity contribution < 1.29 is 19.6 Å². The molecule has 2 aromatic carbocycles. The maximum atomic E-state index is 11.7. The Hall–Kier alpha value is -3.96. The van der Waals surface area contributed by atoms with E-state index in [-0.39, 0.29) is 0 Å². The van der Waals surface area contributed by atoms with Crippen LogP contribution in [-0.4, -0.2) is 49.8 Å². The summed E-state index contributed by atoms with van der Waals surface area (Å²) in [4.78, 5) is 21.0. The van der Waals surface area contributed by atoms with Gasteiger partial charge in [0, 0.05) is 18.4 Å². The number of amides is 1. The molecule has 0 saturated heterocycles. The lowest BCUT2D eigenvalue weighted by Crippen LogP contribution is -2.30. The number of primary amides is 1. The lowest BCUT2D eigenvalue weighted by Gasteiger charge is -2.12. The van der Waals surface area contributed by atoms with Crippen LogP contribution in [0.3, 0.4) is 0 Å². The number of H-pyrrole nitrogens is 1. The SMILES string of the molecule is NC(=O)c1cccc2c(-c3nc4c(c(NCc5cccc(B(O)O)c5)n3)OCC4)[nH]nc12. The Labute approximate surface area is 182 Å². The number of aromatic nitrogens is 4. The summed E-state index contributed by atoms with van der Waals surface area (Å²) < 4.78 is 5.74. The number of hydrogen-bond donors (Lipinski definition) is 5. The van der Waals surface area contributed by atoms with Crippen molar-refractivity contribution in [1.82, 2.24) is 20.2 Å². The molecule has 0 unspecified atom stereocenters. The molecule has 4 aromatic rings. The number of aromatic amines is 1. The molecule has 6 N–H and O–H groups in total. The van der Waals surface area contributed by atoms with Gasteiger partial charge in [0.05, 0.1) is 17.9 Å². The van der Waals surface area contributed by atoms with Crippen LogP contribution in [-0.2, 0) is 13.0 Å². The molecule has 160 valence electrons. The molecule has 1 aliphatic rings. The average molecular weight is 430 g/mol. The number of hydrogen-bond acceptors (Lipinski definition) is 8. The first kappa shape index (κ1) is 20.0. The number of para-hydroxylation sites is 1. The van der Waals surface area contributed by atoms with Gasteiger partial charge in [0.2, 0.25) is 0 Å². The molecular weight excluding hydrogens is 411 g/mol. The van der Waals surface area contributed by atoms with Crippen molar-refractivity contribution in [2.75, 3.05) is 11.9 Å². The third-order valence-electron chi connectivity index (χ3n) is 5.30. The van der Waals surface area contributed by atoms with Crippen LogP contribution in [0.25, 0.3) is 22.4 Å². The van der Waals surface area contributed by atoms with Crippen molar-refractivity contribution in [3.63, 3.8) is 0 Å². The number of carbonyl (C=O) groups is 1. The van der Waals surface area contributed by atoms with E-state index in [0.29, 0.717) is 64.6 Å². The highest BCUT2D eigenvalue weighted by Gasteiger charge is 2.24. The number of nitrogens with zero attached hydrogens (tertiary/aromatic N) is 3. The van der Waals surface area contributed by atoms with Crippen LogP contribution < -0.4 is 21.3 Å². The molecular formula is C21H19BN6O4. The van der Waals surface area contributed by atoms with Gasteiger partial charge in [-0.1, -0.05) is 36.4 Å². The third-order valence-corrected chi connectivity index (χ3v) is 5.30. The predicted octanol–water partition coefficient (Wildman–Crippen LogP) is 0.346. The number of carbonyl (C=O) groups excluding carboxylic acids is 1. The van der Waals surface area contributed by atoms with Crippen molar-refractivity contribution >= 4 is 35.2 Å². The minimum Gasteiger partial charge on any atom is -0.487 e. The maximum absolute atomic E-state index is 11.7. The second kappa shape index (κ2) is 7.95. The minimum atomic E-state index is -1.54. The quantitative estimate of drug-likeness (QED) is 0.274. The molecule has 3 heterocycles. The van der Waals surface area contributed by atoms with E-state index in [9.17, 15) is 14.8 Å². The van der Waals surface area contributed by atoms with Crippen molar-refractivity contribution in [1.29, 1.82) is 0 Å². The summed E-state index contributed by atoms with van der Waals surface area (Å²) in [5.41, 5.74) is 8.85. The molecule has 32 heavy (non-hydrogen) atoms. The fraction of sp³-hybridized carbons (Fsp3) is 0.143. The Morgan fingerprint density at radius 3 is 2.88 bits per heavy atom. The summed E-state index contributed by atoms with van der Waals surface area (Å²) >= 11 is 0. The largest absolute Gasteiger partial charge is 0.488 e. The summed E-state index contributed by atoms with van der Waals surface area (Å²) in [6.45, 7) is 0.895. The molecule has 1 aliphatic heterocycles. The normalized spacial score (nSPS) is 12.4. The molecule has 10 nitrogen and oxygen atoms in total. The molecule has 2 aromatic heterocycles. The highest BCUT2D eigenvalue weighted by atomic mass is 16.5. The number of nitrogens with two attached hydrogens (primary N) is 1. The van der Waals surface area contributed by atoms with Gasteiger partial charge in [-0.25, -0.2) is 9.97 Å². The highest BCUT2D eigenvalue weighted by molar-refractivity contribution is 6.58. The molecule has 0 spiro atoms. The first-order valence-electron chi connectivity index (χ1n) is 10.0. The molecule has 0 atom stereocenters. The second-order valence-corrected chi connectivity index (χ2v) is 7.41. The minimum absolute atomic E-state index is 0.318. The van der Waals surface area contributed by atoms with E-state index in [1.807, 2.05) is 12.1 Å².